The standard InChI is InChI=1S/C63H42/c1-63(2)57-32-16-31-45(60(57)61-50-25-9-7-22-47(50)48-23-8-14-30-55(48)62(61)63)41-18-15-19-43(37-41)59-53-28-12-10-26-51(53)58(52-27-11-13-29-54(52)59)40-35-33-39(34-36-40)56-38-42-17-3-4-20-44(42)46-21-5-6-24-49(46)56/h3-38H,1-2H3. The van der Waals surface area contributed by atoms with Crippen LogP contribution in [0.5, 0.6) is 0 Å². The molecule has 0 saturated carbocycles. The van der Waals surface area contributed by atoms with E-state index < -0.39 is 0 Å². The van der Waals surface area contributed by atoms with Crippen molar-refractivity contribution in [2.45, 2.75) is 19.3 Å². The zero-order chi connectivity index (χ0) is 41.8. The summed E-state index contributed by atoms with van der Waals surface area (Å²) in [6.07, 6.45) is 0. The highest BCUT2D eigenvalue weighted by Gasteiger charge is 2.39. The average Bonchev–Trinajstić information content (AvgIpc) is 3.59. The molecule has 0 spiro atoms. The van der Waals surface area contributed by atoms with Gasteiger partial charge in [-0.3, -0.25) is 0 Å². The summed E-state index contributed by atoms with van der Waals surface area (Å²) in [6, 6.07) is 81.5. The van der Waals surface area contributed by atoms with Crippen LogP contribution in [0.2, 0.25) is 0 Å². The Hall–Kier alpha value is -7.80. The zero-order valence-electron chi connectivity index (χ0n) is 35.3. The van der Waals surface area contributed by atoms with Gasteiger partial charge in [0.15, 0.2) is 0 Å². The molecule has 0 atom stereocenters. The van der Waals surface area contributed by atoms with Gasteiger partial charge in [0.25, 0.3) is 0 Å². The van der Waals surface area contributed by atoms with Crippen LogP contribution in [0, 0.1) is 0 Å². The van der Waals surface area contributed by atoms with Crippen molar-refractivity contribution in [1.82, 2.24) is 0 Å². The van der Waals surface area contributed by atoms with Crippen molar-refractivity contribution >= 4 is 64.6 Å². The first-order chi connectivity index (χ1) is 31.0. The van der Waals surface area contributed by atoms with Crippen molar-refractivity contribution in [1.29, 1.82) is 0 Å². The molecule has 12 aromatic carbocycles. The average molecular weight is 799 g/mol. The van der Waals surface area contributed by atoms with E-state index in [1.165, 1.54) is 131 Å². The number of rotatable bonds is 4. The van der Waals surface area contributed by atoms with Crippen LogP contribution >= 0.6 is 0 Å². The molecule has 0 heterocycles. The minimum atomic E-state index is -0.161. The quantitative estimate of drug-likeness (QED) is 0.123. The third-order valence-electron chi connectivity index (χ3n) is 14.2. The maximum absolute atomic E-state index is 2.44. The van der Waals surface area contributed by atoms with Crippen molar-refractivity contribution in [2.75, 3.05) is 0 Å². The molecule has 0 heteroatoms. The molecule has 0 bridgehead atoms. The van der Waals surface area contributed by atoms with Crippen LogP contribution in [-0.2, 0) is 5.41 Å². The molecule has 63 heavy (non-hydrogen) atoms. The predicted octanol–water partition coefficient (Wildman–Crippen LogP) is 17.6. The molecule has 1 aliphatic carbocycles. The highest BCUT2D eigenvalue weighted by molar-refractivity contribution is 6.23. The molecule has 0 aliphatic heterocycles. The third kappa shape index (κ3) is 5.22. The Balaban J connectivity index is 0.989. The van der Waals surface area contributed by atoms with Crippen LogP contribution in [0.4, 0.5) is 0 Å². The van der Waals surface area contributed by atoms with Gasteiger partial charge in [-0.05, 0) is 144 Å². The fourth-order valence-corrected chi connectivity index (χ4v) is 11.5. The van der Waals surface area contributed by atoms with Crippen LogP contribution in [0.25, 0.3) is 120 Å². The van der Waals surface area contributed by atoms with E-state index in [9.17, 15) is 0 Å². The van der Waals surface area contributed by atoms with E-state index in [-0.39, 0.29) is 5.41 Å². The van der Waals surface area contributed by atoms with Gasteiger partial charge in [0, 0.05) is 5.41 Å². The lowest BCUT2D eigenvalue weighted by Gasteiger charge is -2.24. The highest BCUT2D eigenvalue weighted by Crippen LogP contribution is 2.57. The van der Waals surface area contributed by atoms with Crippen molar-refractivity contribution in [3.05, 3.63) is 230 Å². The summed E-state index contributed by atoms with van der Waals surface area (Å²) in [5.74, 6) is 0. The lowest BCUT2D eigenvalue weighted by atomic mass is 9.79. The summed E-state index contributed by atoms with van der Waals surface area (Å²) in [7, 11) is 0. The number of hydrogen-bond donors (Lipinski definition) is 0. The Morgan fingerprint density at radius 1 is 0.254 bits per heavy atom. The maximum atomic E-state index is 2.44. The molecular formula is C63H42. The van der Waals surface area contributed by atoms with E-state index in [4.69, 9.17) is 0 Å². The van der Waals surface area contributed by atoms with Crippen molar-refractivity contribution in [2.24, 2.45) is 0 Å². The van der Waals surface area contributed by atoms with Gasteiger partial charge >= 0.3 is 0 Å². The van der Waals surface area contributed by atoms with Gasteiger partial charge in [-0.1, -0.05) is 220 Å². The Morgan fingerprint density at radius 3 is 1.33 bits per heavy atom. The van der Waals surface area contributed by atoms with Crippen LogP contribution in [0.3, 0.4) is 0 Å². The van der Waals surface area contributed by atoms with E-state index >= 15 is 0 Å². The van der Waals surface area contributed by atoms with Crippen LogP contribution < -0.4 is 0 Å². The van der Waals surface area contributed by atoms with Gasteiger partial charge in [-0.2, -0.15) is 0 Å². The Labute approximate surface area is 367 Å². The normalized spacial score (nSPS) is 13.0. The lowest BCUT2D eigenvalue weighted by molar-refractivity contribution is 0.666. The first-order valence-electron chi connectivity index (χ1n) is 22.2. The minimum absolute atomic E-state index is 0.161. The van der Waals surface area contributed by atoms with Gasteiger partial charge in [0.05, 0.1) is 0 Å². The number of fused-ring (bicyclic) bond motifs is 13. The molecule has 1 aliphatic rings. The monoisotopic (exact) mass is 798 g/mol. The fraction of sp³-hybridized carbons (Fsp3) is 0.0476. The summed E-state index contributed by atoms with van der Waals surface area (Å²) in [5.41, 5.74) is 15.4. The molecule has 0 N–H and O–H groups in total. The van der Waals surface area contributed by atoms with Gasteiger partial charge in [0.2, 0.25) is 0 Å². The fourth-order valence-electron chi connectivity index (χ4n) is 11.5. The molecule has 0 saturated heterocycles. The molecule has 0 aromatic heterocycles. The molecule has 12 aromatic rings. The van der Waals surface area contributed by atoms with Crippen LogP contribution in [-0.4, -0.2) is 0 Å². The molecule has 0 nitrogen and oxygen atoms in total. The number of benzene rings is 12. The Bertz CT molecular complexity index is 3810. The van der Waals surface area contributed by atoms with E-state index in [0.717, 1.165) is 0 Å². The highest BCUT2D eigenvalue weighted by atomic mass is 14.4. The zero-order valence-corrected chi connectivity index (χ0v) is 35.3. The molecule has 13 rings (SSSR count). The second-order valence-corrected chi connectivity index (χ2v) is 17.9. The second kappa shape index (κ2) is 13.6. The Morgan fingerprint density at radius 2 is 0.698 bits per heavy atom. The smallest absolute Gasteiger partial charge is 0.0165 e. The van der Waals surface area contributed by atoms with E-state index in [2.05, 4.69) is 232 Å². The van der Waals surface area contributed by atoms with Gasteiger partial charge in [-0.25, -0.2) is 0 Å². The minimum Gasteiger partial charge on any atom is -0.0616 e. The molecule has 0 amide bonds. The summed E-state index contributed by atoms with van der Waals surface area (Å²) >= 11 is 0. The molecule has 0 fully saturated rings. The summed E-state index contributed by atoms with van der Waals surface area (Å²) < 4.78 is 0. The first-order valence-corrected chi connectivity index (χ1v) is 22.2. The van der Waals surface area contributed by atoms with Gasteiger partial charge in [-0.15, -0.1) is 0 Å². The number of hydrogen-bond acceptors (Lipinski definition) is 0. The van der Waals surface area contributed by atoms with Gasteiger partial charge in [0.1, 0.15) is 0 Å². The van der Waals surface area contributed by atoms with Crippen LogP contribution in [0.1, 0.15) is 25.0 Å². The van der Waals surface area contributed by atoms with Gasteiger partial charge < -0.3 is 0 Å². The summed E-state index contributed by atoms with van der Waals surface area (Å²) in [5, 5.41) is 15.5. The van der Waals surface area contributed by atoms with Crippen LogP contribution in [0.15, 0.2) is 218 Å². The molecule has 0 radical (unpaired) electrons. The Kier molecular flexibility index (Phi) is 7.75. The SMILES string of the molecule is CC1(C)c2cccc(-c3cccc(-c4c5ccccc5c(-c5ccc(-c6cc7ccccc7c7ccccc67)cc5)c5ccccc45)c3)c2-c2c1c1ccccc1c1ccccc21. The van der Waals surface area contributed by atoms with Crippen molar-refractivity contribution in [3.8, 4) is 55.6 Å². The topological polar surface area (TPSA) is 0 Å². The summed E-state index contributed by atoms with van der Waals surface area (Å²) in [4.78, 5) is 0. The van der Waals surface area contributed by atoms with E-state index in [0.29, 0.717) is 0 Å². The van der Waals surface area contributed by atoms with Crippen molar-refractivity contribution < 1.29 is 0 Å². The summed E-state index contributed by atoms with van der Waals surface area (Å²) in [6.45, 7) is 4.83. The third-order valence-corrected chi connectivity index (χ3v) is 14.2. The molecule has 0 unspecified atom stereocenters. The van der Waals surface area contributed by atoms with E-state index in [1.54, 1.807) is 0 Å². The molecular weight excluding hydrogens is 757 g/mol. The predicted molar refractivity (Wildman–Crippen MR) is 271 cm³/mol. The van der Waals surface area contributed by atoms with Crippen molar-refractivity contribution in [3.63, 3.8) is 0 Å². The van der Waals surface area contributed by atoms with E-state index in [1.807, 2.05) is 0 Å². The first kappa shape index (κ1) is 35.9. The molecule has 294 valence electrons. The maximum Gasteiger partial charge on any atom is 0.0165 e. The second-order valence-electron chi connectivity index (χ2n) is 17.9. The lowest BCUT2D eigenvalue weighted by Crippen LogP contribution is -2.15. The largest absolute Gasteiger partial charge is 0.0616 e.